The third-order valence-corrected chi connectivity index (χ3v) is 2.20. The van der Waals surface area contributed by atoms with Crippen molar-refractivity contribution >= 4 is 21.6 Å². The second-order valence-electron chi connectivity index (χ2n) is 2.48. The van der Waals surface area contributed by atoms with Crippen molar-refractivity contribution in [1.82, 2.24) is 0 Å². The highest BCUT2D eigenvalue weighted by Crippen LogP contribution is 2.20. The number of halogens is 1. The Bertz CT molecular complexity index is 352. The Kier molecular flexibility index (Phi) is 3.53. The summed E-state index contributed by atoms with van der Waals surface area (Å²) in [5, 5.41) is 11.8. The van der Waals surface area contributed by atoms with Gasteiger partial charge in [0.05, 0.1) is 5.56 Å². The highest BCUT2D eigenvalue weighted by Gasteiger charge is 1.98. The maximum absolute atomic E-state index is 8.67. The molecule has 0 atom stereocenters. The summed E-state index contributed by atoms with van der Waals surface area (Å²) in [4.78, 5) is 0. The highest BCUT2D eigenvalue weighted by molar-refractivity contribution is 9.10. The molecule has 0 bridgehead atoms. The standard InChI is InChI=1S/C10H9BrN2/c1-2-5-13-9-4-3-8(7-12)10(11)6-9/h2-4,6,13H,1,5H2. The van der Waals surface area contributed by atoms with Gasteiger partial charge in [-0.25, -0.2) is 0 Å². The molecular weight excluding hydrogens is 228 g/mol. The molecule has 0 aromatic heterocycles. The molecule has 1 rings (SSSR count). The molecule has 1 aromatic carbocycles. The number of hydrogen-bond acceptors (Lipinski definition) is 2. The molecule has 0 saturated carbocycles. The summed E-state index contributed by atoms with van der Waals surface area (Å²) >= 11 is 3.31. The van der Waals surface area contributed by atoms with E-state index in [0.717, 1.165) is 16.7 Å². The number of rotatable bonds is 3. The lowest BCUT2D eigenvalue weighted by Gasteiger charge is -2.03. The molecule has 0 heterocycles. The molecule has 1 aromatic rings. The quantitative estimate of drug-likeness (QED) is 0.820. The summed E-state index contributed by atoms with van der Waals surface area (Å²) in [5.74, 6) is 0. The van der Waals surface area contributed by atoms with Gasteiger partial charge in [-0.05, 0) is 34.1 Å². The highest BCUT2D eigenvalue weighted by atomic mass is 79.9. The molecule has 0 aliphatic rings. The van der Waals surface area contributed by atoms with Gasteiger partial charge < -0.3 is 5.32 Å². The molecule has 0 unspecified atom stereocenters. The summed E-state index contributed by atoms with van der Waals surface area (Å²) in [5.41, 5.74) is 1.62. The van der Waals surface area contributed by atoms with Crippen molar-refractivity contribution in [2.75, 3.05) is 11.9 Å². The van der Waals surface area contributed by atoms with Crippen LogP contribution in [0.4, 0.5) is 5.69 Å². The van der Waals surface area contributed by atoms with Crippen LogP contribution in [0.3, 0.4) is 0 Å². The molecule has 0 spiro atoms. The normalized spacial score (nSPS) is 8.92. The molecule has 3 heteroatoms. The number of nitrogens with zero attached hydrogens (tertiary/aromatic N) is 1. The van der Waals surface area contributed by atoms with Gasteiger partial charge in [-0.3, -0.25) is 0 Å². The first-order chi connectivity index (χ1) is 6.27. The average Bonchev–Trinajstić information content (AvgIpc) is 2.15. The van der Waals surface area contributed by atoms with Crippen LogP contribution in [0.5, 0.6) is 0 Å². The molecule has 0 saturated heterocycles. The van der Waals surface area contributed by atoms with E-state index in [1.165, 1.54) is 0 Å². The largest absolute Gasteiger partial charge is 0.382 e. The Balaban J connectivity index is 2.84. The van der Waals surface area contributed by atoms with Crippen molar-refractivity contribution in [3.8, 4) is 6.07 Å². The van der Waals surface area contributed by atoms with Gasteiger partial charge in [0.15, 0.2) is 0 Å². The maximum atomic E-state index is 8.67. The van der Waals surface area contributed by atoms with Crippen LogP contribution in [0, 0.1) is 11.3 Å². The Morgan fingerprint density at radius 2 is 2.38 bits per heavy atom. The third-order valence-electron chi connectivity index (χ3n) is 1.54. The first kappa shape index (κ1) is 9.82. The van der Waals surface area contributed by atoms with Gasteiger partial charge in [0.2, 0.25) is 0 Å². The van der Waals surface area contributed by atoms with E-state index >= 15 is 0 Å². The van der Waals surface area contributed by atoms with Crippen LogP contribution in [-0.2, 0) is 0 Å². The van der Waals surface area contributed by atoms with E-state index in [4.69, 9.17) is 5.26 Å². The Labute approximate surface area is 86.0 Å². The van der Waals surface area contributed by atoms with Crippen molar-refractivity contribution in [3.63, 3.8) is 0 Å². The zero-order valence-electron chi connectivity index (χ0n) is 7.05. The van der Waals surface area contributed by atoms with Crippen LogP contribution in [0.2, 0.25) is 0 Å². The van der Waals surface area contributed by atoms with Crippen molar-refractivity contribution in [1.29, 1.82) is 5.26 Å². The summed E-state index contributed by atoms with van der Waals surface area (Å²) in [7, 11) is 0. The van der Waals surface area contributed by atoms with Crippen LogP contribution in [-0.4, -0.2) is 6.54 Å². The van der Waals surface area contributed by atoms with Gasteiger partial charge in [0.25, 0.3) is 0 Å². The Morgan fingerprint density at radius 3 is 2.92 bits per heavy atom. The minimum Gasteiger partial charge on any atom is -0.382 e. The predicted molar refractivity (Wildman–Crippen MR) is 57.5 cm³/mol. The fourth-order valence-corrected chi connectivity index (χ4v) is 1.37. The maximum Gasteiger partial charge on any atom is 0.100 e. The lowest BCUT2D eigenvalue weighted by atomic mass is 10.2. The van der Waals surface area contributed by atoms with Crippen molar-refractivity contribution in [2.24, 2.45) is 0 Å². The molecule has 0 fully saturated rings. The molecule has 0 radical (unpaired) electrons. The molecule has 0 amide bonds. The van der Waals surface area contributed by atoms with E-state index in [9.17, 15) is 0 Å². The number of benzene rings is 1. The zero-order valence-corrected chi connectivity index (χ0v) is 8.63. The fourth-order valence-electron chi connectivity index (χ4n) is 0.906. The zero-order chi connectivity index (χ0) is 9.68. The molecule has 0 aliphatic heterocycles. The first-order valence-corrected chi connectivity index (χ1v) is 4.61. The minimum atomic E-state index is 0.643. The topological polar surface area (TPSA) is 35.8 Å². The predicted octanol–water partition coefficient (Wildman–Crippen LogP) is 2.92. The fraction of sp³-hybridized carbons (Fsp3) is 0.100. The van der Waals surface area contributed by atoms with Crippen LogP contribution in [0.25, 0.3) is 0 Å². The van der Waals surface area contributed by atoms with Gasteiger partial charge in [0.1, 0.15) is 6.07 Å². The van der Waals surface area contributed by atoms with Gasteiger partial charge in [-0.2, -0.15) is 5.26 Å². The van der Waals surface area contributed by atoms with Crippen LogP contribution in [0.1, 0.15) is 5.56 Å². The smallest absolute Gasteiger partial charge is 0.100 e. The molecule has 1 N–H and O–H groups in total. The van der Waals surface area contributed by atoms with E-state index in [2.05, 4.69) is 33.9 Å². The van der Waals surface area contributed by atoms with E-state index in [1.807, 2.05) is 12.1 Å². The van der Waals surface area contributed by atoms with Crippen molar-refractivity contribution in [3.05, 3.63) is 40.9 Å². The number of nitriles is 1. The number of nitrogens with one attached hydrogen (secondary N) is 1. The second-order valence-corrected chi connectivity index (χ2v) is 3.33. The summed E-state index contributed by atoms with van der Waals surface area (Å²) in [6.07, 6.45) is 1.78. The summed E-state index contributed by atoms with van der Waals surface area (Å²) in [6.45, 7) is 4.33. The van der Waals surface area contributed by atoms with E-state index in [1.54, 1.807) is 12.1 Å². The summed E-state index contributed by atoms with van der Waals surface area (Å²) in [6, 6.07) is 7.60. The van der Waals surface area contributed by atoms with Gasteiger partial charge >= 0.3 is 0 Å². The average molecular weight is 237 g/mol. The Morgan fingerprint density at radius 1 is 1.62 bits per heavy atom. The van der Waals surface area contributed by atoms with Gasteiger partial charge in [0, 0.05) is 16.7 Å². The molecule has 2 nitrogen and oxygen atoms in total. The number of hydrogen-bond donors (Lipinski definition) is 1. The minimum absolute atomic E-state index is 0.643. The first-order valence-electron chi connectivity index (χ1n) is 3.82. The van der Waals surface area contributed by atoms with Crippen LogP contribution >= 0.6 is 15.9 Å². The molecule has 13 heavy (non-hydrogen) atoms. The van der Waals surface area contributed by atoms with E-state index < -0.39 is 0 Å². The lowest BCUT2D eigenvalue weighted by molar-refractivity contribution is 1.33. The molecule has 0 aliphatic carbocycles. The molecule has 66 valence electrons. The third kappa shape index (κ3) is 2.60. The van der Waals surface area contributed by atoms with Gasteiger partial charge in [-0.1, -0.05) is 6.08 Å². The second kappa shape index (κ2) is 4.68. The summed E-state index contributed by atoms with van der Waals surface area (Å²) < 4.78 is 0.809. The van der Waals surface area contributed by atoms with Gasteiger partial charge in [-0.15, -0.1) is 6.58 Å². The van der Waals surface area contributed by atoms with E-state index in [0.29, 0.717) is 5.56 Å². The van der Waals surface area contributed by atoms with Crippen LogP contribution in [0.15, 0.2) is 35.3 Å². The Hall–Kier alpha value is -1.27. The van der Waals surface area contributed by atoms with Crippen molar-refractivity contribution < 1.29 is 0 Å². The molecular formula is C10H9BrN2. The number of anilines is 1. The SMILES string of the molecule is C=CCNc1ccc(C#N)c(Br)c1. The van der Waals surface area contributed by atoms with E-state index in [-0.39, 0.29) is 0 Å². The van der Waals surface area contributed by atoms with Crippen molar-refractivity contribution in [2.45, 2.75) is 0 Å². The lowest BCUT2D eigenvalue weighted by Crippen LogP contribution is -1.97. The van der Waals surface area contributed by atoms with Crippen LogP contribution < -0.4 is 5.32 Å². The monoisotopic (exact) mass is 236 g/mol.